The van der Waals surface area contributed by atoms with Gasteiger partial charge in [0.05, 0.1) is 11.1 Å². The molecule has 7 heteroatoms. The van der Waals surface area contributed by atoms with Crippen molar-refractivity contribution in [3.8, 4) is 11.5 Å². The molecule has 0 N–H and O–H groups in total. The van der Waals surface area contributed by atoms with Crippen LogP contribution in [0.15, 0.2) is 22.7 Å². The molecule has 3 nitrogen and oxygen atoms in total. The minimum Gasteiger partial charge on any atom is -0.492 e. The minimum absolute atomic E-state index is 0.276. The zero-order valence-electron chi connectivity index (χ0n) is 12.2. The molecule has 1 aliphatic rings. The van der Waals surface area contributed by atoms with Crippen molar-refractivity contribution >= 4 is 15.9 Å². The van der Waals surface area contributed by atoms with Crippen LogP contribution in [-0.4, -0.2) is 37.5 Å². The first-order valence-corrected chi connectivity index (χ1v) is 8.14. The molecule has 22 heavy (non-hydrogen) atoms. The van der Waals surface area contributed by atoms with Crippen molar-refractivity contribution in [3.05, 3.63) is 22.7 Å². The third kappa shape index (κ3) is 6.04. The summed E-state index contributed by atoms with van der Waals surface area (Å²) in [7, 11) is 0. The molecule has 2 rings (SSSR count). The van der Waals surface area contributed by atoms with Gasteiger partial charge in [0, 0.05) is 12.6 Å². The van der Waals surface area contributed by atoms with Crippen LogP contribution in [0, 0.1) is 0 Å². The van der Waals surface area contributed by atoms with E-state index in [1.165, 1.54) is 37.5 Å². The number of rotatable bonds is 6. The quantitative estimate of drug-likeness (QED) is 0.672. The topological polar surface area (TPSA) is 21.7 Å². The van der Waals surface area contributed by atoms with Crippen molar-refractivity contribution in [3.63, 3.8) is 0 Å². The maximum Gasteiger partial charge on any atom is 0.573 e. The molecule has 0 spiro atoms. The van der Waals surface area contributed by atoms with Gasteiger partial charge >= 0.3 is 6.36 Å². The van der Waals surface area contributed by atoms with Gasteiger partial charge in [-0.15, -0.1) is 13.2 Å². The Bertz CT molecular complexity index is 476. The molecule has 1 fully saturated rings. The molecule has 1 heterocycles. The molecule has 124 valence electrons. The van der Waals surface area contributed by atoms with E-state index in [0.29, 0.717) is 16.8 Å². The molecule has 0 aromatic heterocycles. The van der Waals surface area contributed by atoms with Crippen LogP contribution in [-0.2, 0) is 0 Å². The Morgan fingerprint density at radius 2 is 1.86 bits per heavy atom. The lowest BCUT2D eigenvalue weighted by atomic mass is 10.1. The highest BCUT2D eigenvalue weighted by Crippen LogP contribution is 2.32. The molecule has 1 aromatic rings. The Labute approximate surface area is 136 Å². The summed E-state index contributed by atoms with van der Waals surface area (Å²) in [5.74, 6) is 0.0853. The Morgan fingerprint density at radius 1 is 1.14 bits per heavy atom. The molecule has 0 radical (unpaired) electrons. The van der Waals surface area contributed by atoms with Gasteiger partial charge in [-0.25, -0.2) is 0 Å². The number of piperidine rings is 1. The number of hydrogen-bond acceptors (Lipinski definition) is 3. The van der Waals surface area contributed by atoms with E-state index in [-0.39, 0.29) is 5.75 Å². The monoisotopic (exact) mass is 381 g/mol. The van der Waals surface area contributed by atoms with Gasteiger partial charge in [0.25, 0.3) is 0 Å². The van der Waals surface area contributed by atoms with Crippen LogP contribution in [0.5, 0.6) is 11.5 Å². The van der Waals surface area contributed by atoms with Crippen molar-refractivity contribution in [2.24, 2.45) is 0 Å². The van der Waals surface area contributed by atoms with E-state index in [4.69, 9.17) is 4.74 Å². The van der Waals surface area contributed by atoms with Crippen LogP contribution in [0.1, 0.15) is 25.7 Å². The van der Waals surface area contributed by atoms with Crippen molar-refractivity contribution in [1.29, 1.82) is 0 Å². The van der Waals surface area contributed by atoms with E-state index in [1.54, 1.807) is 0 Å². The van der Waals surface area contributed by atoms with Gasteiger partial charge in [-0.3, -0.25) is 0 Å². The summed E-state index contributed by atoms with van der Waals surface area (Å²) in [5.41, 5.74) is 0. The molecule has 0 unspecified atom stereocenters. The lowest BCUT2D eigenvalue weighted by molar-refractivity contribution is -0.274. The predicted molar refractivity (Wildman–Crippen MR) is 81.2 cm³/mol. The zero-order valence-corrected chi connectivity index (χ0v) is 13.8. The smallest absolute Gasteiger partial charge is 0.492 e. The largest absolute Gasteiger partial charge is 0.573 e. The third-order valence-corrected chi connectivity index (χ3v) is 4.12. The van der Waals surface area contributed by atoms with Gasteiger partial charge in [-0.05, 0) is 60.4 Å². The SMILES string of the molecule is FC(F)(F)Oc1ccc(Br)c(OCCCN2CCCCC2)c1. The maximum absolute atomic E-state index is 12.2. The number of nitrogens with zero attached hydrogens (tertiary/aromatic N) is 1. The second kappa shape index (κ2) is 8.06. The van der Waals surface area contributed by atoms with E-state index < -0.39 is 6.36 Å². The van der Waals surface area contributed by atoms with Crippen LogP contribution < -0.4 is 9.47 Å². The highest BCUT2D eigenvalue weighted by molar-refractivity contribution is 9.10. The first kappa shape index (κ1) is 17.4. The van der Waals surface area contributed by atoms with Gasteiger partial charge in [0.1, 0.15) is 11.5 Å². The standard InChI is InChI=1S/C15H19BrF3NO2/c16-13-6-5-12(22-15(17,18)19)11-14(13)21-10-4-9-20-7-2-1-3-8-20/h5-6,11H,1-4,7-10H2. The van der Waals surface area contributed by atoms with Gasteiger partial charge in [0.2, 0.25) is 0 Å². The Hall–Kier alpha value is -0.950. The summed E-state index contributed by atoms with van der Waals surface area (Å²) in [6, 6.07) is 3.98. The van der Waals surface area contributed by atoms with Gasteiger partial charge in [0.15, 0.2) is 0 Å². The van der Waals surface area contributed by atoms with Crippen LogP contribution in [0.4, 0.5) is 13.2 Å². The molecule has 0 amide bonds. The summed E-state index contributed by atoms with van der Waals surface area (Å²) >= 11 is 3.27. The lowest BCUT2D eigenvalue weighted by Gasteiger charge is -2.26. The average Bonchev–Trinajstić information content (AvgIpc) is 2.46. The van der Waals surface area contributed by atoms with Crippen LogP contribution in [0.2, 0.25) is 0 Å². The zero-order chi connectivity index (χ0) is 16.0. The summed E-state index contributed by atoms with van der Waals surface area (Å²) in [6.45, 7) is 3.66. The van der Waals surface area contributed by atoms with Crippen LogP contribution in [0.3, 0.4) is 0 Å². The van der Waals surface area contributed by atoms with E-state index in [9.17, 15) is 13.2 Å². The first-order valence-electron chi connectivity index (χ1n) is 7.34. The average molecular weight is 382 g/mol. The fraction of sp³-hybridized carbons (Fsp3) is 0.600. The van der Waals surface area contributed by atoms with Gasteiger partial charge < -0.3 is 14.4 Å². The molecule has 0 saturated carbocycles. The molecule has 0 aliphatic carbocycles. The van der Waals surface area contributed by atoms with E-state index in [2.05, 4.69) is 25.6 Å². The molecule has 1 aliphatic heterocycles. The fourth-order valence-corrected chi connectivity index (χ4v) is 2.81. The van der Waals surface area contributed by atoms with Crippen LogP contribution >= 0.6 is 15.9 Å². The lowest BCUT2D eigenvalue weighted by Crippen LogP contribution is -2.31. The summed E-state index contributed by atoms with van der Waals surface area (Å²) in [4.78, 5) is 2.39. The highest BCUT2D eigenvalue weighted by Gasteiger charge is 2.31. The number of benzene rings is 1. The van der Waals surface area contributed by atoms with Crippen LogP contribution in [0.25, 0.3) is 0 Å². The highest BCUT2D eigenvalue weighted by atomic mass is 79.9. The Morgan fingerprint density at radius 3 is 2.55 bits per heavy atom. The van der Waals surface area contributed by atoms with E-state index in [1.807, 2.05) is 0 Å². The number of likely N-dealkylation sites (tertiary alicyclic amines) is 1. The molecule has 1 aromatic carbocycles. The first-order chi connectivity index (χ1) is 10.4. The summed E-state index contributed by atoms with van der Waals surface area (Å²) in [5, 5.41) is 0. The molecular formula is C15H19BrF3NO2. The molecular weight excluding hydrogens is 363 g/mol. The van der Waals surface area contributed by atoms with Crippen molar-refractivity contribution in [2.45, 2.75) is 32.0 Å². The Kier molecular flexibility index (Phi) is 6.37. The van der Waals surface area contributed by atoms with Crippen molar-refractivity contribution < 1.29 is 22.6 Å². The van der Waals surface area contributed by atoms with E-state index >= 15 is 0 Å². The third-order valence-electron chi connectivity index (χ3n) is 3.46. The summed E-state index contributed by atoms with van der Waals surface area (Å²) < 4.78 is 46.7. The van der Waals surface area contributed by atoms with Crippen molar-refractivity contribution in [2.75, 3.05) is 26.2 Å². The summed E-state index contributed by atoms with van der Waals surface area (Å²) in [6.07, 6.45) is -0.0748. The predicted octanol–water partition coefficient (Wildman–Crippen LogP) is 4.60. The van der Waals surface area contributed by atoms with Gasteiger partial charge in [-0.2, -0.15) is 0 Å². The number of alkyl halides is 3. The number of halogens is 4. The number of hydrogen-bond donors (Lipinski definition) is 0. The van der Waals surface area contributed by atoms with Gasteiger partial charge in [-0.1, -0.05) is 6.42 Å². The normalized spacial score (nSPS) is 16.5. The molecule has 0 atom stereocenters. The number of ether oxygens (including phenoxy) is 2. The minimum atomic E-state index is -4.70. The fourth-order valence-electron chi connectivity index (χ4n) is 2.44. The van der Waals surface area contributed by atoms with Crippen molar-refractivity contribution in [1.82, 2.24) is 4.90 Å². The van der Waals surface area contributed by atoms with E-state index in [0.717, 1.165) is 26.1 Å². The maximum atomic E-state index is 12.2. The molecule has 0 bridgehead atoms. The molecule has 1 saturated heterocycles. The Balaban J connectivity index is 1.79. The second-order valence-corrected chi connectivity index (χ2v) is 6.10. The second-order valence-electron chi connectivity index (χ2n) is 5.24.